The molecule has 0 atom stereocenters. The highest BCUT2D eigenvalue weighted by atomic mass is 35.5. The Kier molecular flexibility index (Phi) is 6.90. The van der Waals surface area contributed by atoms with E-state index in [0.29, 0.717) is 53.8 Å². The molecule has 6 nitrogen and oxygen atoms in total. The Hall–Kier alpha value is -2.83. The van der Waals surface area contributed by atoms with Crippen molar-refractivity contribution in [2.24, 2.45) is 0 Å². The van der Waals surface area contributed by atoms with E-state index in [9.17, 15) is 9.59 Å². The number of ether oxygens (including phenoxy) is 2. The number of imide groups is 1. The largest absolute Gasteiger partial charge is 0.495 e. The van der Waals surface area contributed by atoms with E-state index >= 15 is 0 Å². The number of hydrogen-bond donors (Lipinski definition) is 1. The first-order chi connectivity index (χ1) is 14.1. The van der Waals surface area contributed by atoms with E-state index < -0.39 is 0 Å². The van der Waals surface area contributed by atoms with Gasteiger partial charge in [-0.15, -0.1) is 0 Å². The molecular formula is C22H23ClN2O4. The summed E-state index contributed by atoms with van der Waals surface area (Å²) in [6.45, 7) is 3.29. The Morgan fingerprint density at radius 1 is 1.07 bits per heavy atom. The summed E-state index contributed by atoms with van der Waals surface area (Å²) in [6.07, 6.45) is 0.578. The highest BCUT2D eigenvalue weighted by Gasteiger charge is 2.38. The van der Waals surface area contributed by atoms with Crippen molar-refractivity contribution in [1.82, 2.24) is 4.90 Å². The van der Waals surface area contributed by atoms with Gasteiger partial charge in [0.25, 0.3) is 11.8 Å². The van der Waals surface area contributed by atoms with Crippen LogP contribution >= 0.6 is 11.6 Å². The summed E-state index contributed by atoms with van der Waals surface area (Å²) in [7, 11) is 1.53. The van der Waals surface area contributed by atoms with Gasteiger partial charge in [0, 0.05) is 25.4 Å². The molecule has 0 unspecified atom stereocenters. The average Bonchev–Trinajstić information content (AvgIpc) is 2.96. The Bertz CT molecular complexity index is 928. The Morgan fingerprint density at radius 2 is 1.83 bits per heavy atom. The van der Waals surface area contributed by atoms with Crippen molar-refractivity contribution < 1.29 is 19.1 Å². The molecule has 0 fully saturated rings. The monoisotopic (exact) mass is 414 g/mol. The van der Waals surface area contributed by atoms with Crippen LogP contribution in [0.4, 0.5) is 5.69 Å². The number of methoxy groups -OCH3 is 1. The summed E-state index contributed by atoms with van der Waals surface area (Å²) in [4.78, 5) is 27.4. The van der Waals surface area contributed by atoms with Crippen molar-refractivity contribution in [2.45, 2.75) is 13.3 Å². The maximum atomic E-state index is 13.1. The number of anilines is 1. The van der Waals surface area contributed by atoms with E-state index in [1.807, 2.05) is 37.3 Å². The third-order valence-electron chi connectivity index (χ3n) is 4.53. The zero-order valence-electron chi connectivity index (χ0n) is 16.4. The molecule has 3 rings (SSSR count). The Labute approximate surface area is 175 Å². The average molecular weight is 415 g/mol. The van der Waals surface area contributed by atoms with Crippen LogP contribution in [0.5, 0.6) is 5.75 Å². The fourth-order valence-electron chi connectivity index (χ4n) is 3.13. The minimum absolute atomic E-state index is 0.235. The van der Waals surface area contributed by atoms with Crippen molar-refractivity contribution in [3.05, 3.63) is 64.8 Å². The van der Waals surface area contributed by atoms with Gasteiger partial charge in [-0.1, -0.05) is 41.9 Å². The highest BCUT2D eigenvalue weighted by molar-refractivity contribution is 6.36. The molecule has 7 heteroatoms. The Morgan fingerprint density at radius 3 is 2.48 bits per heavy atom. The first-order valence-electron chi connectivity index (χ1n) is 9.41. The zero-order valence-corrected chi connectivity index (χ0v) is 17.2. The molecule has 0 saturated carbocycles. The molecular weight excluding hydrogens is 392 g/mol. The number of carbonyl (C=O) groups excluding carboxylic acids is 2. The quantitative estimate of drug-likeness (QED) is 0.496. The lowest BCUT2D eigenvalue weighted by Crippen LogP contribution is -2.34. The third-order valence-corrected chi connectivity index (χ3v) is 4.82. The number of benzene rings is 2. The van der Waals surface area contributed by atoms with Crippen molar-refractivity contribution in [1.29, 1.82) is 0 Å². The van der Waals surface area contributed by atoms with E-state index in [1.54, 1.807) is 18.2 Å². The molecule has 2 aromatic rings. The lowest BCUT2D eigenvalue weighted by atomic mass is 10.0. The Balaban J connectivity index is 1.92. The van der Waals surface area contributed by atoms with Crippen LogP contribution in [0.2, 0.25) is 5.02 Å². The van der Waals surface area contributed by atoms with Crippen LogP contribution < -0.4 is 10.1 Å². The van der Waals surface area contributed by atoms with E-state index in [1.165, 1.54) is 12.0 Å². The molecule has 0 saturated heterocycles. The second-order valence-electron chi connectivity index (χ2n) is 6.40. The standard InChI is InChI=1S/C22H23ClN2O4/c1-3-29-13-7-12-25-21(26)19(15-8-5-4-6-9-15)20(22(25)27)24-16-10-11-18(28-2)17(23)14-16/h4-6,8-11,14,24H,3,7,12-13H2,1-2H3. The number of nitrogens with one attached hydrogen (secondary N) is 1. The first kappa shape index (κ1) is 20.9. The van der Waals surface area contributed by atoms with Gasteiger partial charge in [0.1, 0.15) is 11.4 Å². The fourth-order valence-corrected chi connectivity index (χ4v) is 3.38. The van der Waals surface area contributed by atoms with Gasteiger partial charge >= 0.3 is 0 Å². The minimum atomic E-state index is -0.364. The zero-order chi connectivity index (χ0) is 20.8. The molecule has 1 aliphatic rings. The third kappa shape index (κ3) is 4.60. The summed E-state index contributed by atoms with van der Waals surface area (Å²) in [6, 6.07) is 14.3. The lowest BCUT2D eigenvalue weighted by molar-refractivity contribution is -0.137. The summed E-state index contributed by atoms with van der Waals surface area (Å²) < 4.78 is 10.5. The van der Waals surface area contributed by atoms with Crippen molar-refractivity contribution >= 4 is 34.7 Å². The number of halogens is 1. The number of amides is 2. The number of hydrogen-bond acceptors (Lipinski definition) is 5. The summed E-state index contributed by atoms with van der Waals surface area (Å²) in [5.41, 5.74) is 1.86. The predicted molar refractivity (Wildman–Crippen MR) is 113 cm³/mol. The van der Waals surface area contributed by atoms with Gasteiger partial charge < -0.3 is 14.8 Å². The second-order valence-corrected chi connectivity index (χ2v) is 6.81. The van der Waals surface area contributed by atoms with E-state index in [0.717, 1.165) is 0 Å². The van der Waals surface area contributed by atoms with Crippen LogP contribution in [0, 0.1) is 0 Å². The molecule has 1 N–H and O–H groups in total. The molecule has 1 heterocycles. The first-order valence-corrected chi connectivity index (χ1v) is 9.78. The van der Waals surface area contributed by atoms with Crippen molar-refractivity contribution in [3.63, 3.8) is 0 Å². The van der Waals surface area contributed by atoms with Gasteiger partial charge in [0.05, 0.1) is 17.7 Å². The highest BCUT2D eigenvalue weighted by Crippen LogP contribution is 2.33. The van der Waals surface area contributed by atoms with Gasteiger partial charge in [-0.3, -0.25) is 14.5 Å². The van der Waals surface area contributed by atoms with E-state index in [-0.39, 0.29) is 17.5 Å². The SMILES string of the molecule is CCOCCCN1C(=O)C(Nc2ccc(OC)c(Cl)c2)=C(c2ccccc2)C1=O. The molecule has 29 heavy (non-hydrogen) atoms. The number of carbonyl (C=O) groups is 2. The molecule has 2 amide bonds. The summed E-state index contributed by atoms with van der Waals surface area (Å²) >= 11 is 6.20. The predicted octanol–water partition coefficient (Wildman–Crippen LogP) is 3.97. The molecule has 152 valence electrons. The van der Waals surface area contributed by atoms with Gasteiger partial charge in [-0.2, -0.15) is 0 Å². The summed E-state index contributed by atoms with van der Waals surface area (Å²) in [5, 5.41) is 3.50. The molecule has 0 aliphatic carbocycles. The number of rotatable bonds is 9. The van der Waals surface area contributed by atoms with Gasteiger partial charge in [-0.05, 0) is 37.1 Å². The minimum Gasteiger partial charge on any atom is -0.495 e. The molecule has 0 radical (unpaired) electrons. The smallest absolute Gasteiger partial charge is 0.278 e. The van der Waals surface area contributed by atoms with Crippen molar-refractivity contribution in [3.8, 4) is 5.75 Å². The van der Waals surface area contributed by atoms with Gasteiger partial charge in [0.15, 0.2) is 0 Å². The van der Waals surface area contributed by atoms with Crippen LogP contribution in [0.1, 0.15) is 18.9 Å². The molecule has 0 spiro atoms. The fraction of sp³-hybridized carbons (Fsp3) is 0.273. The van der Waals surface area contributed by atoms with Crippen LogP contribution in [0.15, 0.2) is 54.2 Å². The van der Waals surface area contributed by atoms with E-state index in [2.05, 4.69) is 5.32 Å². The maximum absolute atomic E-state index is 13.1. The van der Waals surface area contributed by atoms with Crippen LogP contribution in [0.25, 0.3) is 5.57 Å². The molecule has 0 aromatic heterocycles. The summed E-state index contributed by atoms with van der Waals surface area (Å²) in [5.74, 6) is -0.155. The van der Waals surface area contributed by atoms with Crippen molar-refractivity contribution in [2.75, 3.05) is 32.2 Å². The molecule has 1 aliphatic heterocycles. The van der Waals surface area contributed by atoms with Crippen LogP contribution in [-0.4, -0.2) is 43.6 Å². The number of nitrogens with zero attached hydrogens (tertiary/aromatic N) is 1. The maximum Gasteiger partial charge on any atom is 0.278 e. The normalized spacial score (nSPS) is 14.0. The molecule has 2 aromatic carbocycles. The molecule has 0 bridgehead atoms. The second kappa shape index (κ2) is 9.58. The van der Waals surface area contributed by atoms with Crippen LogP contribution in [-0.2, 0) is 14.3 Å². The van der Waals surface area contributed by atoms with Crippen LogP contribution in [0.3, 0.4) is 0 Å². The van der Waals surface area contributed by atoms with E-state index in [4.69, 9.17) is 21.1 Å². The van der Waals surface area contributed by atoms with Gasteiger partial charge in [0.2, 0.25) is 0 Å². The van der Waals surface area contributed by atoms with Gasteiger partial charge in [-0.25, -0.2) is 0 Å². The topological polar surface area (TPSA) is 67.9 Å². The lowest BCUT2D eigenvalue weighted by Gasteiger charge is -2.15.